The molecule has 1 heterocycles. The van der Waals surface area contributed by atoms with Crippen molar-refractivity contribution in [1.82, 2.24) is 4.90 Å². The van der Waals surface area contributed by atoms with Crippen molar-refractivity contribution in [3.63, 3.8) is 0 Å². The van der Waals surface area contributed by atoms with Gasteiger partial charge in [-0.1, -0.05) is 17.7 Å². The van der Waals surface area contributed by atoms with Crippen molar-refractivity contribution in [2.45, 2.75) is 19.1 Å². The number of benzene rings is 1. The molecule has 1 aliphatic heterocycles. The fourth-order valence-corrected chi connectivity index (χ4v) is 2.06. The average molecular weight is 286 g/mol. The third-order valence-electron chi connectivity index (χ3n) is 2.67. The highest BCUT2D eigenvalue weighted by atomic mass is 35.5. The van der Waals surface area contributed by atoms with Gasteiger partial charge in [0.15, 0.2) is 6.10 Å². The highest BCUT2D eigenvalue weighted by Gasteiger charge is 2.32. The van der Waals surface area contributed by atoms with E-state index < -0.39 is 12.2 Å². The van der Waals surface area contributed by atoms with Crippen LogP contribution in [0.5, 0.6) is 5.75 Å². The fraction of sp³-hybridized carbons (Fsp3) is 0.462. The standard InChI is InChI=1S/C13H16ClNO4/c1-9(16)6-15-7-12(19-13(15)17)8-18-11-4-2-3-10(14)5-11/h2-5,9,12,16H,6-8H2,1H3/t9-,12-/m1/s1. The molecule has 6 heteroatoms. The van der Waals surface area contributed by atoms with Crippen LogP contribution in [0, 0.1) is 0 Å². The number of nitrogens with zero attached hydrogens (tertiary/aromatic N) is 1. The van der Waals surface area contributed by atoms with Gasteiger partial charge in [0.25, 0.3) is 0 Å². The molecule has 0 unspecified atom stereocenters. The lowest BCUT2D eigenvalue weighted by Crippen LogP contribution is -2.32. The van der Waals surface area contributed by atoms with Crippen molar-refractivity contribution in [1.29, 1.82) is 0 Å². The number of carbonyl (C=O) groups is 1. The number of carbonyl (C=O) groups excluding carboxylic acids is 1. The molecule has 19 heavy (non-hydrogen) atoms. The predicted molar refractivity (Wildman–Crippen MR) is 70.5 cm³/mol. The highest BCUT2D eigenvalue weighted by molar-refractivity contribution is 6.30. The summed E-state index contributed by atoms with van der Waals surface area (Å²) in [7, 11) is 0. The molecule has 1 amide bonds. The van der Waals surface area contributed by atoms with Crippen LogP contribution in [0.25, 0.3) is 0 Å². The van der Waals surface area contributed by atoms with Gasteiger partial charge in [-0.25, -0.2) is 4.79 Å². The Labute approximate surface area is 116 Å². The third kappa shape index (κ3) is 4.01. The summed E-state index contributed by atoms with van der Waals surface area (Å²) in [5.74, 6) is 0.637. The van der Waals surface area contributed by atoms with Crippen molar-refractivity contribution in [2.24, 2.45) is 0 Å². The Hall–Kier alpha value is -1.46. The van der Waals surface area contributed by atoms with Crippen molar-refractivity contribution < 1.29 is 19.4 Å². The summed E-state index contributed by atoms with van der Waals surface area (Å²) in [5.41, 5.74) is 0. The van der Waals surface area contributed by atoms with Crippen LogP contribution in [0.4, 0.5) is 4.79 Å². The minimum absolute atomic E-state index is 0.266. The van der Waals surface area contributed by atoms with Gasteiger partial charge in [-0.3, -0.25) is 0 Å². The van der Waals surface area contributed by atoms with Gasteiger partial charge in [0.2, 0.25) is 0 Å². The van der Waals surface area contributed by atoms with Gasteiger partial charge in [-0.15, -0.1) is 0 Å². The van der Waals surface area contributed by atoms with Crippen LogP contribution < -0.4 is 4.74 Å². The summed E-state index contributed by atoms with van der Waals surface area (Å²) in [6, 6.07) is 7.04. The van der Waals surface area contributed by atoms with Gasteiger partial charge in [0, 0.05) is 11.6 Å². The first-order valence-electron chi connectivity index (χ1n) is 6.06. The quantitative estimate of drug-likeness (QED) is 0.898. The summed E-state index contributed by atoms with van der Waals surface area (Å²) in [5, 5.41) is 9.85. The van der Waals surface area contributed by atoms with Crippen LogP contribution >= 0.6 is 11.6 Å². The number of amides is 1. The van der Waals surface area contributed by atoms with Gasteiger partial charge in [0.05, 0.1) is 12.6 Å². The zero-order chi connectivity index (χ0) is 13.8. The topological polar surface area (TPSA) is 59.0 Å². The molecule has 1 aliphatic rings. The van der Waals surface area contributed by atoms with Crippen molar-refractivity contribution in [3.8, 4) is 5.75 Å². The number of ether oxygens (including phenoxy) is 2. The summed E-state index contributed by atoms with van der Waals surface area (Å²) in [6.07, 6.45) is -1.31. The lowest BCUT2D eigenvalue weighted by molar-refractivity contribution is 0.0998. The summed E-state index contributed by atoms with van der Waals surface area (Å²) in [4.78, 5) is 13.0. The van der Waals surface area contributed by atoms with E-state index in [0.717, 1.165) is 0 Å². The second kappa shape index (κ2) is 6.12. The third-order valence-corrected chi connectivity index (χ3v) is 2.90. The monoisotopic (exact) mass is 285 g/mol. The van der Waals surface area contributed by atoms with E-state index in [1.54, 1.807) is 31.2 Å². The minimum Gasteiger partial charge on any atom is -0.490 e. The summed E-state index contributed by atoms with van der Waals surface area (Å²) < 4.78 is 10.7. The lowest BCUT2D eigenvalue weighted by atomic mass is 10.3. The normalized spacial score (nSPS) is 20.3. The number of hydrogen-bond donors (Lipinski definition) is 1. The van der Waals surface area contributed by atoms with Crippen LogP contribution in [0.3, 0.4) is 0 Å². The first kappa shape index (κ1) is 14.0. The molecule has 0 bridgehead atoms. The van der Waals surface area contributed by atoms with E-state index in [1.165, 1.54) is 4.90 Å². The molecule has 0 saturated carbocycles. The van der Waals surface area contributed by atoms with E-state index in [0.29, 0.717) is 17.3 Å². The van der Waals surface area contributed by atoms with Crippen molar-refractivity contribution in [2.75, 3.05) is 19.7 Å². The Bertz CT molecular complexity index is 452. The molecule has 1 aromatic carbocycles. The van der Waals surface area contributed by atoms with Gasteiger partial charge >= 0.3 is 6.09 Å². The second-order valence-electron chi connectivity index (χ2n) is 4.53. The largest absolute Gasteiger partial charge is 0.490 e. The van der Waals surface area contributed by atoms with Gasteiger partial charge < -0.3 is 19.5 Å². The molecule has 104 valence electrons. The van der Waals surface area contributed by atoms with E-state index in [1.807, 2.05) is 0 Å². The molecule has 1 N–H and O–H groups in total. The van der Waals surface area contributed by atoms with Gasteiger partial charge in [-0.2, -0.15) is 0 Å². The Morgan fingerprint density at radius 2 is 2.42 bits per heavy atom. The van der Waals surface area contributed by atoms with Gasteiger partial charge in [-0.05, 0) is 25.1 Å². The maximum Gasteiger partial charge on any atom is 0.410 e. The number of aliphatic hydroxyl groups excluding tert-OH is 1. The Morgan fingerprint density at radius 1 is 1.63 bits per heavy atom. The molecular weight excluding hydrogens is 270 g/mol. The van der Waals surface area contributed by atoms with Crippen LogP contribution in [0.15, 0.2) is 24.3 Å². The predicted octanol–water partition coefficient (Wildman–Crippen LogP) is 1.92. The zero-order valence-corrected chi connectivity index (χ0v) is 11.3. The van der Waals surface area contributed by atoms with Gasteiger partial charge in [0.1, 0.15) is 12.4 Å². The molecule has 0 spiro atoms. The van der Waals surface area contributed by atoms with Crippen LogP contribution in [-0.2, 0) is 4.74 Å². The van der Waals surface area contributed by atoms with E-state index in [2.05, 4.69) is 0 Å². The molecule has 1 aromatic rings. The Balaban J connectivity index is 1.83. The second-order valence-corrected chi connectivity index (χ2v) is 4.96. The Morgan fingerprint density at radius 3 is 3.11 bits per heavy atom. The summed E-state index contributed by atoms with van der Waals surface area (Å²) in [6.45, 7) is 2.59. The SMILES string of the molecule is C[C@@H](O)CN1C[C@H](COc2cccc(Cl)c2)OC1=O. The van der Waals surface area contributed by atoms with E-state index in [9.17, 15) is 9.90 Å². The number of β-amino-alcohol motifs (C(OH)–C–C–N with tert-alkyl or cyclic N) is 1. The van der Waals surface area contributed by atoms with E-state index in [-0.39, 0.29) is 19.3 Å². The highest BCUT2D eigenvalue weighted by Crippen LogP contribution is 2.19. The molecule has 1 fully saturated rings. The molecule has 2 atom stereocenters. The van der Waals surface area contributed by atoms with Crippen molar-refractivity contribution >= 4 is 17.7 Å². The maximum absolute atomic E-state index is 11.5. The number of cyclic esters (lactones) is 1. The molecule has 2 rings (SSSR count). The van der Waals surface area contributed by atoms with Crippen LogP contribution in [0.2, 0.25) is 5.02 Å². The molecule has 5 nitrogen and oxygen atoms in total. The summed E-state index contributed by atoms with van der Waals surface area (Å²) >= 11 is 5.84. The van der Waals surface area contributed by atoms with E-state index in [4.69, 9.17) is 21.1 Å². The smallest absolute Gasteiger partial charge is 0.410 e. The lowest BCUT2D eigenvalue weighted by Gasteiger charge is -2.14. The molecular formula is C13H16ClNO4. The van der Waals surface area contributed by atoms with Crippen molar-refractivity contribution in [3.05, 3.63) is 29.3 Å². The fourth-order valence-electron chi connectivity index (χ4n) is 1.88. The van der Waals surface area contributed by atoms with Crippen LogP contribution in [-0.4, -0.2) is 48.0 Å². The van der Waals surface area contributed by atoms with E-state index >= 15 is 0 Å². The molecule has 1 saturated heterocycles. The maximum atomic E-state index is 11.5. The Kier molecular flexibility index (Phi) is 4.50. The first-order chi connectivity index (χ1) is 9.04. The number of rotatable bonds is 5. The molecule has 0 aliphatic carbocycles. The molecule has 0 aromatic heterocycles. The number of aliphatic hydroxyl groups is 1. The minimum atomic E-state index is -0.569. The first-order valence-corrected chi connectivity index (χ1v) is 6.44. The average Bonchev–Trinajstić information content (AvgIpc) is 2.67. The van der Waals surface area contributed by atoms with Crippen LogP contribution in [0.1, 0.15) is 6.92 Å². The number of hydrogen-bond acceptors (Lipinski definition) is 4. The number of halogens is 1. The zero-order valence-electron chi connectivity index (χ0n) is 10.6. The molecule has 0 radical (unpaired) electrons.